The number of rotatable bonds is 11. The van der Waals surface area contributed by atoms with Crippen LogP contribution in [0, 0.1) is 25.2 Å². The molecule has 1 aliphatic carbocycles. The average molecular weight is 604 g/mol. The summed E-state index contributed by atoms with van der Waals surface area (Å²) in [5.74, 6) is 1.17. The maximum absolute atomic E-state index is 10.1. The molecule has 2 aromatic heterocycles. The zero-order valence-electron chi connectivity index (χ0n) is 25.8. The monoisotopic (exact) mass is 603 g/mol. The summed E-state index contributed by atoms with van der Waals surface area (Å²) in [4.78, 5) is 9.37. The van der Waals surface area contributed by atoms with Crippen LogP contribution in [0.25, 0.3) is 44.7 Å². The molecule has 0 spiro atoms. The van der Waals surface area contributed by atoms with Gasteiger partial charge in [-0.2, -0.15) is 5.26 Å². The van der Waals surface area contributed by atoms with E-state index in [1.807, 2.05) is 24.3 Å². The van der Waals surface area contributed by atoms with Crippen molar-refractivity contribution in [2.75, 3.05) is 33.4 Å². The van der Waals surface area contributed by atoms with Gasteiger partial charge in [-0.15, -0.1) is 0 Å². The van der Waals surface area contributed by atoms with Crippen molar-refractivity contribution in [3.05, 3.63) is 88.2 Å². The zero-order chi connectivity index (χ0) is 31.5. The topological polar surface area (TPSA) is 136 Å². The number of hydrogen-bond acceptors (Lipinski definition) is 9. The molecule has 0 saturated heterocycles. The molecule has 0 amide bonds. The highest BCUT2D eigenvalue weighted by Gasteiger charge is 2.28. The van der Waals surface area contributed by atoms with E-state index in [-0.39, 0.29) is 19.3 Å². The third-order valence-electron chi connectivity index (χ3n) is 8.71. The van der Waals surface area contributed by atoms with Crippen LogP contribution in [0.15, 0.2) is 59.1 Å². The van der Waals surface area contributed by atoms with E-state index < -0.39 is 0 Å². The lowest BCUT2D eigenvalue weighted by molar-refractivity contribution is 0.284. The van der Waals surface area contributed by atoms with Gasteiger partial charge in [-0.25, -0.2) is 4.98 Å². The highest BCUT2D eigenvalue weighted by atomic mass is 16.5. The average Bonchev–Trinajstić information content (AvgIpc) is 3.67. The van der Waals surface area contributed by atoms with E-state index in [0.29, 0.717) is 48.0 Å². The van der Waals surface area contributed by atoms with E-state index >= 15 is 0 Å². The third-order valence-corrected chi connectivity index (χ3v) is 8.71. The zero-order valence-corrected chi connectivity index (χ0v) is 25.8. The van der Waals surface area contributed by atoms with Crippen LogP contribution < -0.4 is 15.4 Å². The molecule has 3 aromatic carbocycles. The molecule has 0 radical (unpaired) electrons. The number of nitrogens with zero attached hydrogens (tertiary/aromatic N) is 3. The minimum atomic E-state index is 0.0454. The minimum Gasteiger partial charge on any atom is -0.480 e. The van der Waals surface area contributed by atoms with Gasteiger partial charge in [0.15, 0.2) is 5.58 Å². The molecule has 4 N–H and O–H groups in total. The molecule has 230 valence electrons. The van der Waals surface area contributed by atoms with Gasteiger partial charge in [0, 0.05) is 42.2 Å². The number of furan rings is 1. The Morgan fingerprint density at radius 2 is 1.71 bits per heavy atom. The van der Waals surface area contributed by atoms with Gasteiger partial charge in [0.2, 0.25) is 5.88 Å². The molecule has 0 fully saturated rings. The van der Waals surface area contributed by atoms with Gasteiger partial charge in [-0.1, -0.05) is 36.4 Å². The summed E-state index contributed by atoms with van der Waals surface area (Å²) in [6, 6.07) is 19.1. The fourth-order valence-electron chi connectivity index (χ4n) is 6.47. The first kappa shape index (κ1) is 30.4. The van der Waals surface area contributed by atoms with E-state index in [2.05, 4.69) is 59.8 Å². The molecule has 1 atom stereocenters. The maximum Gasteiger partial charge on any atom is 0.237 e. The van der Waals surface area contributed by atoms with Crippen LogP contribution in [0.5, 0.6) is 5.88 Å². The molecule has 0 bridgehead atoms. The lowest BCUT2D eigenvalue weighted by Gasteiger charge is -2.16. The van der Waals surface area contributed by atoms with Crippen LogP contribution in [0.3, 0.4) is 0 Å². The second kappa shape index (κ2) is 13.2. The highest BCUT2D eigenvalue weighted by Crippen LogP contribution is 2.42. The van der Waals surface area contributed by atoms with Gasteiger partial charge < -0.3 is 30.0 Å². The van der Waals surface area contributed by atoms with Gasteiger partial charge in [0.05, 0.1) is 37.8 Å². The normalized spacial score (nSPS) is 14.1. The van der Waals surface area contributed by atoms with Crippen molar-refractivity contribution in [3.8, 4) is 45.7 Å². The predicted molar refractivity (Wildman–Crippen MR) is 174 cm³/mol. The van der Waals surface area contributed by atoms with Crippen LogP contribution >= 0.6 is 0 Å². The Kier molecular flexibility index (Phi) is 8.92. The van der Waals surface area contributed by atoms with E-state index in [4.69, 9.17) is 19.2 Å². The van der Waals surface area contributed by atoms with Crippen LogP contribution in [-0.4, -0.2) is 53.6 Å². The second-order valence-corrected chi connectivity index (χ2v) is 11.3. The van der Waals surface area contributed by atoms with Crippen LogP contribution in [0.1, 0.15) is 46.0 Å². The van der Waals surface area contributed by atoms with Gasteiger partial charge in [-0.05, 0) is 72.2 Å². The summed E-state index contributed by atoms with van der Waals surface area (Å²) >= 11 is 0. The van der Waals surface area contributed by atoms with Crippen LogP contribution in [0.4, 0.5) is 0 Å². The summed E-state index contributed by atoms with van der Waals surface area (Å²) in [6.45, 7) is 5.73. The Hall–Kier alpha value is -4.59. The van der Waals surface area contributed by atoms with E-state index in [1.165, 1.54) is 0 Å². The molecule has 6 rings (SSSR count). The van der Waals surface area contributed by atoms with Crippen molar-refractivity contribution in [2.24, 2.45) is 0 Å². The number of fused-ring (bicyclic) bond motifs is 2. The summed E-state index contributed by atoms with van der Waals surface area (Å²) in [5.41, 5.74) is 11.0. The van der Waals surface area contributed by atoms with Crippen LogP contribution in [-0.2, 0) is 13.0 Å². The summed E-state index contributed by atoms with van der Waals surface area (Å²) in [7, 11) is 1.58. The molecule has 2 heterocycles. The van der Waals surface area contributed by atoms with Crippen molar-refractivity contribution in [1.29, 1.82) is 5.26 Å². The molecule has 45 heavy (non-hydrogen) atoms. The first-order valence-corrected chi connectivity index (χ1v) is 15.2. The highest BCUT2D eigenvalue weighted by molar-refractivity contribution is 5.91. The lowest BCUT2D eigenvalue weighted by atomic mass is 9.90. The number of benzene rings is 3. The lowest BCUT2D eigenvalue weighted by Crippen LogP contribution is -2.22. The van der Waals surface area contributed by atoms with E-state index in [0.717, 1.165) is 68.5 Å². The number of aliphatic hydroxyl groups is 2. The summed E-state index contributed by atoms with van der Waals surface area (Å²) in [6.07, 6.45) is 3.46. The molecule has 1 aliphatic rings. The number of nitriles is 1. The Labute approximate surface area is 262 Å². The van der Waals surface area contributed by atoms with Crippen LogP contribution in [0.2, 0.25) is 0 Å². The van der Waals surface area contributed by atoms with Crippen molar-refractivity contribution < 1.29 is 19.4 Å². The van der Waals surface area contributed by atoms with Gasteiger partial charge >= 0.3 is 0 Å². The van der Waals surface area contributed by atoms with Gasteiger partial charge in [-0.3, -0.25) is 4.98 Å². The van der Waals surface area contributed by atoms with Crippen molar-refractivity contribution in [1.82, 2.24) is 20.6 Å². The summed E-state index contributed by atoms with van der Waals surface area (Å²) in [5, 5.41) is 36.0. The SMILES string of the molecule is COc1nc(-c2cccc(-c3cccc(-c4cc5cc6c(c(C#N)c5o4)CC[C@H]6NCCO)c3C)c2C)cnc1CNCCO. The Balaban J connectivity index is 1.38. The summed E-state index contributed by atoms with van der Waals surface area (Å²) < 4.78 is 12.0. The first-order chi connectivity index (χ1) is 22.0. The Morgan fingerprint density at radius 1 is 1.00 bits per heavy atom. The van der Waals surface area contributed by atoms with E-state index in [9.17, 15) is 10.4 Å². The van der Waals surface area contributed by atoms with Crippen molar-refractivity contribution in [3.63, 3.8) is 0 Å². The largest absolute Gasteiger partial charge is 0.480 e. The second-order valence-electron chi connectivity index (χ2n) is 11.3. The quantitative estimate of drug-likeness (QED) is 0.147. The number of aromatic nitrogens is 2. The van der Waals surface area contributed by atoms with Gasteiger partial charge in [0.25, 0.3) is 0 Å². The maximum atomic E-state index is 10.1. The predicted octanol–water partition coefficient (Wildman–Crippen LogP) is 5.37. The molecule has 0 unspecified atom stereocenters. The van der Waals surface area contributed by atoms with Crippen molar-refractivity contribution in [2.45, 2.75) is 39.3 Å². The van der Waals surface area contributed by atoms with E-state index in [1.54, 1.807) is 13.3 Å². The molecule has 5 aromatic rings. The number of methoxy groups -OCH3 is 1. The Bertz CT molecular complexity index is 1910. The molecule has 9 nitrogen and oxygen atoms in total. The number of hydrogen-bond donors (Lipinski definition) is 4. The van der Waals surface area contributed by atoms with Crippen molar-refractivity contribution >= 4 is 11.0 Å². The fourth-order valence-corrected chi connectivity index (χ4v) is 6.47. The minimum absolute atomic E-state index is 0.0454. The number of ether oxygens (including phenoxy) is 1. The third kappa shape index (κ3) is 5.70. The molecular weight excluding hydrogens is 566 g/mol. The molecule has 0 aliphatic heterocycles. The smallest absolute Gasteiger partial charge is 0.237 e. The molecule has 9 heteroatoms. The fraction of sp³-hybridized carbons (Fsp3) is 0.306. The first-order valence-electron chi connectivity index (χ1n) is 15.2. The standard InChI is InChI=1S/C36H37N5O4/c1-21-24(6-4-8-26(21)32-20-40-33(19-38-12-14-42)36(41-32)44-3)25-7-5-9-27(22(25)2)34-17-23-16-29-28(30(18-37)35(23)45-34)10-11-31(29)39-13-15-43/h4-9,16-17,20,31,38-39,42-43H,10-15,19H2,1-3H3/t31-/m1/s1. The van der Waals surface area contributed by atoms with Gasteiger partial charge in [0.1, 0.15) is 17.5 Å². The number of aliphatic hydroxyl groups excluding tert-OH is 2. The number of nitrogens with one attached hydrogen (secondary N) is 2. The Morgan fingerprint density at radius 3 is 2.42 bits per heavy atom. The molecular formula is C36H37N5O4. The molecule has 0 saturated carbocycles.